The maximum Gasteiger partial charge on any atom is 0.331 e. The number of urea groups is 1. The summed E-state index contributed by atoms with van der Waals surface area (Å²) in [6.07, 6.45) is 6.84. The van der Waals surface area contributed by atoms with Crippen LogP contribution in [0.2, 0.25) is 0 Å². The van der Waals surface area contributed by atoms with Crippen molar-refractivity contribution in [1.82, 2.24) is 14.5 Å². The van der Waals surface area contributed by atoms with Crippen LogP contribution in [0.4, 0.5) is 10.5 Å². The lowest BCUT2D eigenvalue weighted by molar-refractivity contribution is -0.133. The third-order valence-electron chi connectivity index (χ3n) is 6.90. The first-order valence-electron chi connectivity index (χ1n) is 11.4. The van der Waals surface area contributed by atoms with Gasteiger partial charge in [-0.1, -0.05) is 6.07 Å². The van der Waals surface area contributed by atoms with Gasteiger partial charge in [0, 0.05) is 32.4 Å². The first kappa shape index (κ1) is 22.3. The Bertz CT molecular complexity index is 882. The summed E-state index contributed by atoms with van der Waals surface area (Å²) in [5, 5.41) is 2.78. The van der Waals surface area contributed by atoms with Gasteiger partial charge in [0.2, 0.25) is 5.91 Å². The van der Waals surface area contributed by atoms with Crippen LogP contribution in [0.3, 0.4) is 0 Å². The van der Waals surface area contributed by atoms with Crippen LogP contribution in [-0.2, 0) is 41.5 Å². The van der Waals surface area contributed by atoms with Crippen LogP contribution in [0.5, 0.6) is 0 Å². The van der Waals surface area contributed by atoms with E-state index in [2.05, 4.69) is 21.0 Å². The zero-order valence-corrected chi connectivity index (χ0v) is 19.8. The summed E-state index contributed by atoms with van der Waals surface area (Å²) in [7, 11) is 1.93. The number of hydrogen-bond acceptors (Lipinski definition) is 4. The van der Waals surface area contributed by atoms with Crippen LogP contribution in [-0.4, -0.2) is 63.9 Å². The van der Waals surface area contributed by atoms with E-state index in [0.717, 1.165) is 44.2 Å². The second kappa shape index (κ2) is 8.90. The molecule has 3 aliphatic rings. The van der Waals surface area contributed by atoms with E-state index in [9.17, 15) is 13.8 Å². The van der Waals surface area contributed by atoms with Crippen molar-refractivity contribution < 1.29 is 13.8 Å². The standard InChI is InChI=1S/C23H34N4O3S/c1-14(2)27-13-17(12-20(27)22(28)26(3)4)31(30)25-23(29)24-21-18-9-5-7-15(18)11-16-8-6-10-19(16)21/h11,14,17,20H,5-10,12-13H2,1-4H3,(H2,24,25,29). The Kier molecular flexibility index (Phi) is 6.40. The van der Waals surface area contributed by atoms with Crippen molar-refractivity contribution in [2.75, 3.05) is 26.0 Å². The molecule has 3 unspecified atom stereocenters. The Labute approximate surface area is 187 Å². The molecule has 170 valence electrons. The summed E-state index contributed by atoms with van der Waals surface area (Å²) in [5.74, 6) is 0.0214. The van der Waals surface area contributed by atoms with Crippen molar-refractivity contribution in [1.29, 1.82) is 0 Å². The predicted molar refractivity (Wildman–Crippen MR) is 124 cm³/mol. The Morgan fingerprint density at radius 3 is 2.26 bits per heavy atom. The summed E-state index contributed by atoms with van der Waals surface area (Å²) in [6.45, 7) is 4.61. The number of amides is 3. The van der Waals surface area contributed by atoms with Crippen molar-refractivity contribution in [3.05, 3.63) is 28.3 Å². The molecule has 1 aromatic rings. The van der Waals surface area contributed by atoms with Gasteiger partial charge < -0.3 is 10.2 Å². The van der Waals surface area contributed by atoms with Gasteiger partial charge in [-0.2, -0.15) is 0 Å². The molecule has 7 nitrogen and oxygen atoms in total. The second-order valence-electron chi connectivity index (χ2n) is 9.48. The first-order valence-corrected chi connectivity index (χ1v) is 12.6. The Morgan fingerprint density at radius 1 is 1.10 bits per heavy atom. The first-order chi connectivity index (χ1) is 14.8. The molecule has 3 amide bonds. The van der Waals surface area contributed by atoms with Gasteiger partial charge in [0.15, 0.2) is 0 Å². The lowest BCUT2D eigenvalue weighted by atomic mass is 9.99. The third kappa shape index (κ3) is 4.37. The highest BCUT2D eigenvalue weighted by Gasteiger charge is 2.41. The van der Waals surface area contributed by atoms with Gasteiger partial charge in [-0.25, -0.2) is 9.00 Å². The molecule has 3 atom stereocenters. The van der Waals surface area contributed by atoms with Crippen LogP contribution >= 0.6 is 0 Å². The number of anilines is 1. The fourth-order valence-electron chi connectivity index (χ4n) is 5.37. The van der Waals surface area contributed by atoms with Crippen molar-refractivity contribution in [3.63, 3.8) is 0 Å². The van der Waals surface area contributed by atoms with Crippen LogP contribution in [0, 0.1) is 0 Å². The van der Waals surface area contributed by atoms with Crippen molar-refractivity contribution in [3.8, 4) is 0 Å². The summed E-state index contributed by atoms with van der Waals surface area (Å²) < 4.78 is 15.7. The lowest BCUT2D eigenvalue weighted by Crippen LogP contribution is -2.45. The number of nitrogens with one attached hydrogen (secondary N) is 2. The van der Waals surface area contributed by atoms with E-state index < -0.39 is 17.0 Å². The normalized spacial score (nSPS) is 23.5. The maximum atomic E-state index is 13.0. The molecule has 1 aromatic carbocycles. The minimum atomic E-state index is -1.56. The molecule has 0 saturated carbocycles. The topological polar surface area (TPSA) is 81.8 Å². The summed E-state index contributed by atoms with van der Waals surface area (Å²) in [6, 6.07) is 1.78. The predicted octanol–water partition coefficient (Wildman–Crippen LogP) is 2.39. The number of carbonyl (C=O) groups is 2. The zero-order valence-electron chi connectivity index (χ0n) is 19.0. The van der Waals surface area contributed by atoms with E-state index >= 15 is 0 Å². The number of aryl methyl sites for hydroxylation is 2. The van der Waals surface area contributed by atoms with Crippen molar-refractivity contribution >= 4 is 28.6 Å². The highest BCUT2D eigenvalue weighted by atomic mass is 32.2. The average Bonchev–Trinajstić information content (AvgIpc) is 3.45. The SMILES string of the molecule is CC(C)N1CC(S(=O)NC(=O)Nc2c3c(cc4c2CCC4)CCC3)CC1C(=O)N(C)C. The van der Waals surface area contributed by atoms with Crippen LogP contribution < -0.4 is 10.0 Å². The van der Waals surface area contributed by atoms with E-state index in [-0.39, 0.29) is 23.2 Å². The number of carbonyl (C=O) groups excluding carboxylic acids is 2. The summed E-state index contributed by atoms with van der Waals surface area (Å²) >= 11 is 0. The average molecular weight is 447 g/mol. The van der Waals surface area contributed by atoms with Crippen molar-refractivity contribution in [2.45, 2.75) is 76.1 Å². The number of fused-ring (bicyclic) bond motifs is 2. The van der Waals surface area contributed by atoms with Gasteiger partial charge in [0.05, 0.1) is 11.3 Å². The maximum absolute atomic E-state index is 13.0. The number of likely N-dealkylation sites (N-methyl/N-ethyl adjacent to an activating group) is 1. The lowest BCUT2D eigenvalue weighted by Gasteiger charge is -2.28. The molecule has 0 spiro atoms. The second-order valence-corrected chi connectivity index (χ2v) is 10.9. The molecule has 4 rings (SSSR count). The molecule has 1 heterocycles. The minimum absolute atomic E-state index is 0.0214. The van der Waals surface area contributed by atoms with E-state index in [1.807, 2.05) is 13.8 Å². The van der Waals surface area contributed by atoms with Crippen LogP contribution in [0.1, 0.15) is 55.4 Å². The van der Waals surface area contributed by atoms with Gasteiger partial charge in [-0.15, -0.1) is 0 Å². The highest BCUT2D eigenvalue weighted by Crippen LogP contribution is 2.38. The molecule has 0 aromatic heterocycles. The smallest absolute Gasteiger partial charge is 0.331 e. The fraction of sp³-hybridized carbons (Fsp3) is 0.652. The van der Waals surface area contributed by atoms with E-state index in [1.54, 1.807) is 19.0 Å². The Balaban J connectivity index is 1.44. The molecule has 0 bridgehead atoms. The molecular weight excluding hydrogens is 412 g/mol. The summed E-state index contributed by atoms with van der Waals surface area (Å²) in [4.78, 5) is 29.1. The summed E-state index contributed by atoms with van der Waals surface area (Å²) in [5.41, 5.74) is 6.17. The van der Waals surface area contributed by atoms with Gasteiger partial charge in [-0.3, -0.25) is 14.4 Å². The molecule has 2 aliphatic carbocycles. The Morgan fingerprint density at radius 2 is 1.71 bits per heavy atom. The number of nitrogens with zero attached hydrogens (tertiary/aromatic N) is 2. The number of hydrogen-bond donors (Lipinski definition) is 2. The van der Waals surface area contributed by atoms with E-state index in [1.165, 1.54) is 22.3 Å². The van der Waals surface area contributed by atoms with Crippen LogP contribution in [0.15, 0.2) is 6.07 Å². The fourth-order valence-corrected chi connectivity index (χ4v) is 6.43. The molecule has 1 aliphatic heterocycles. The van der Waals surface area contributed by atoms with Gasteiger partial charge in [-0.05, 0) is 81.0 Å². The number of rotatable bonds is 5. The Hall–Kier alpha value is -1.93. The van der Waals surface area contributed by atoms with Gasteiger partial charge in [0.25, 0.3) is 0 Å². The third-order valence-corrected chi connectivity index (χ3v) is 8.23. The number of benzene rings is 1. The molecule has 8 heteroatoms. The molecular formula is C23H34N4O3S. The van der Waals surface area contributed by atoms with E-state index in [0.29, 0.717) is 13.0 Å². The zero-order chi connectivity index (χ0) is 22.3. The van der Waals surface area contributed by atoms with Crippen LogP contribution in [0.25, 0.3) is 0 Å². The van der Waals surface area contributed by atoms with Gasteiger partial charge >= 0.3 is 6.03 Å². The number of likely N-dealkylation sites (tertiary alicyclic amines) is 1. The molecule has 31 heavy (non-hydrogen) atoms. The monoisotopic (exact) mass is 446 g/mol. The molecule has 2 N–H and O–H groups in total. The van der Waals surface area contributed by atoms with Gasteiger partial charge in [0.1, 0.15) is 11.0 Å². The minimum Gasteiger partial charge on any atom is -0.347 e. The molecule has 0 radical (unpaired) electrons. The largest absolute Gasteiger partial charge is 0.347 e. The molecule has 1 fully saturated rings. The molecule has 1 saturated heterocycles. The van der Waals surface area contributed by atoms with Crippen molar-refractivity contribution in [2.24, 2.45) is 0 Å². The highest BCUT2D eigenvalue weighted by molar-refractivity contribution is 7.84. The quantitative estimate of drug-likeness (QED) is 0.728. The van der Waals surface area contributed by atoms with E-state index in [4.69, 9.17) is 0 Å².